The van der Waals surface area contributed by atoms with Gasteiger partial charge in [0.25, 0.3) is 0 Å². The summed E-state index contributed by atoms with van der Waals surface area (Å²) in [6.45, 7) is 15.1. The molecule has 0 spiro atoms. The van der Waals surface area contributed by atoms with Crippen LogP contribution in [0.2, 0.25) is 0 Å². The summed E-state index contributed by atoms with van der Waals surface area (Å²) >= 11 is 0. The topological polar surface area (TPSA) is 130 Å². The highest BCUT2D eigenvalue weighted by Crippen LogP contribution is 2.34. The smallest absolute Gasteiger partial charge is 0.328 e. The van der Waals surface area contributed by atoms with Crippen LogP contribution < -0.4 is 19.3 Å². The molecule has 0 amide bonds. The quantitative estimate of drug-likeness (QED) is 0.0984. The summed E-state index contributed by atoms with van der Waals surface area (Å²) in [6, 6.07) is 9.52. The molecule has 2 unspecified atom stereocenters. The number of carbonyl (C=O) groups excluding carboxylic acids is 4. The Morgan fingerprint density at radius 1 is 0.562 bits per heavy atom. The molecule has 48 heavy (non-hydrogen) atoms. The summed E-state index contributed by atoms with van der Waals surface area (Å²) < 4.78 is 33.5. The first-order chi connectivity index (χ1) is 23.0. The number of benzene rings is 2. The van der Waals surface area contributed by atoms with Crippen LogP contribution in [0, 0.1) is 13.8 Å². The number of carbonyl (C=O) groups is 4. The van der Waals surface area contributed by atoms with E-state index in [-0.39, 0.29) is 52.7 Å². The Balaban J connectivity index is 2.40. The number of anilines is 2. The van der Waals surface area contributed by atoms with Gasteiger partial charge in [-0.3, -0.25) is 9.59 Å². The van der Waals surface area contributed by atoms with Crippen LogP contribution in [0.15, 0.2) is 36.4 Å². The van der Waals surface area contributed by atoms with E-state index in [1.54, 1.807) is 49.6 Å². The Morgan fingerprint density at radius 2 is 0.917 bits per heavy atom. The summed E-state index contributed by atoms with van der Waals surface area (Å²) in [6.07, 6.45) is 0.773. The zero-order valence-corrected chi connectivity index (χ0v) is 29.7. The van der Waals surface area contributed by atoms with Gasteiger partial charge in [0.2, 0.25) is 0 Å². The van der Waals surface area contributed by atoms with Gasteiger partial charge in [-0.25, -0.2) is 9.59 Å². The third kappa shape index (κ3) is 11.6. The standard InChI is InChI=1S/C36H52N2O10/c1-9-27(35(41)45-13-5)37(23-33(39)43-11-3)29-17-15-25(7)21-31(29)47-19-20-48-32-22-26(8)16-18-30(32)38(24-34(40)44-12-4)28(10-2)36(42)46-14-6/h15-18,21-22,27-28H,9-14,19-20,23-24H2,1-8H3. The van der Waals surface area contributed by atoms with Crippen molar-refractivity contribution in [2.45, 2.75) is 80.3 Å². The van der Waals surface area contributed by atoms with Crippen molar-refractivity contribution in [3.8, 4) is 11.5 Å². The first-order valence-corrected chi connectivity index (χ1v) is 16.7. The minimum atomic E-state index is -0.748. The lowest BCUT2D eigenvalue weighted by Crippen LogP contribution is -2.45. The molecular formula is C36H52N2O10. The van der Waals surface area contributed by atoms with Gasteiger partial charge in [-0.1, -0.05) is 26.0 Å². The summed E-state index contributed by atoms with van der Waals surface area (Å²) in [5, 5.41) is 0. The van der Waals surface area contributed by atoms with Gasteiger partial charge in [0.05, 0.1) is 37.8 Å². The number of hydrogen-bond donors (Lipinski definition) is 0. The molecule has 12 nitrogen and oxygen atoms in total. The molecular weight excluding hydrogens is 620 g/mol. The van der Waals surface area contributed by atoms with Crippen molar-refractivity contribution in [1.29, 1.82) is 0 Å². The maximum absolute atomic E-state index is 13.0. The molecule has 0 saturated carbocycles. The van der Waals surface area contributed by atoms with E-state index in [9.17, 15) is 19.2 Å². The molecule has 0 heterocycles. The van der Waals surface area contributed by atoms with E-state index in [1.807, 2.05) is 52.0 Å². The highest BCUT2D eigenvalue weighted by molar-refractivity contribution is 5.86. The van der Waals surface area contributed by atoms with E-state index in [4.69, 9.17) is 28.4 Å². The van der Waals surface area contributed by atoms with Crippen LogP contribution in [0.25, 0.3) is 0 Å². The first-order valence-electron chi connectivity index (χ1n) is 16.7. The van der Waals surface area contributed by atoms with Gasteiger partial charge in [0.1, 0.15) is 49.9 Å². The van der Waals surface area contributed by atoms with Crippen molar-refractivity contribution in [3.63, 3.8) is 0 Å². The number of ether oxygens (including phenoxy) is 6. The zero-order chi connectivity index (χ0) is 35.6. The molecule has 12 heteroatoms. The first kappa shape index (κ1) is 39.7. The molecule has 0 radical (unpaired) electrons. The lowest BCUT2D eigenvalue weighted by molar-refractivity contribution is -0.147. The maximum atomic E-state index is 13.0. The van der Waals surface area contributed by atoms with Crippen molar-refractivity contribution in [2.75, 3.05) is 62.5 Å². The number of nitrogens with zero attached hydrogens (tertiary/aromatic N) is 2. The molecule has 0 fully saturated rings. The highest BCUT2D eigenvalue weighted by Gasteiger charge is 2.32. The summed E-state index contributed by atoms with van der Waals surface area (Å²) in [7, 11) is 0. The molecule has 0 aliphatic carbocycles. The largest absolute Gasteiger partial charge is 0.488 e. The van der Waals surface area contributed by atoms with Gasteiger partial charge in [0.15, 0.2) is 0 Å². The van der Waals surface area contributed by atoms with Crippen LogP contribution in [0.1, 0.15) is 65.5 Å². The van der Waals surface area contributed by atoms with E-state index in [2.05, 4.69) is 0 Å². The van der Waals surface area contributed by atoms with Gasteiger partial charge in [0, 0.05) is 0 Å². The minimum Gasteiger partial charge on any atom is -0.488 e. The van der Waals surface area contributed by atoms with Crippen molar-refractivity contribution >= 4 is 35.3 Å². The summed E-state index contributed by atoms with van der Waals surface area (Å²) in [5.41, 5.74) is 2.89. The van der Waals surface area contributed by atoms with Crippen molar-refractivity contribution < 1.29 is 47.6 Å². The summed E-state index contributed by atoms with van der Waals surface area (Å²) in [4.78, 5) is 54.5. The Kier molecular flexibility index (Phi) is 17.1. The number of rotatable bonds is 21. The van der Waals surface area contributed by atoms with Crippen LogP contribution in [-0.2, 0) is 38.1 Å². The van der Waals surface area contributed by atoms with Gasteiger partial charge in [-0.05, 0) is 89.8 Å². The predicted octanol–water partition coefficient (Wildman–Crippen LogP) is 5.18. The fraction of sp³-hybridized carbons (Fsp3) is 0.556. The molecule has 0 aliphatic rings. The second-order valence-electron chi connectivity index (χ2n) is 10.9. The van der Waals surface area contributed by atoms with E-state index in [1.165, 1.54) is 0 Å². The van der Waals surface area contributed by atoms with Crippen LogP contribution in [0.5, 0.6) is 11.5 Å². The van der Waals surface area contributed by atoms with Crippen molar-refractivity contribution in [3.05, 3.63) is 47.5 Å². The molecule has 2 aromatic carbocycles. The van der Waals surface area contributed by atoms with E-state index >= 15 is 0 Å². The molecule has 0 aromatic heterocycles. The van der Waals surface area contributed by atoms with Crippen LogP contribution in [0.4, 0.5) is 11.4 Å². The molecule has 266 valence electrons. The average molecular weight is 673 g/mol. The predicted molar refractivity (Wildman–Crippen MR) is 183 cm³/mol. The lowest BCUT2D eigenvalue weighted by Gasteiger charge is -2.32. The monoisotopic (exact) mass is 672 g/mol. The van der Waals surface area contributed by atoms with Gasteiger partial charge in [-0.15, -0.1) is 0 Å². The second-order valence-corrected chi connectivity index (χ2v) is 10.9. The van der Waals surface area contributed by atoms with Gasteiger partial charge in [-0.2, -0.15) is 0 Å². The Hall–Kier alpha value is -4.48. The Bertz CT molecular complexity index is 1250. The maximum Gasteiger partial charge on any atom is 0.328 e. The normalized spacial score (nSPS) is 11.9. The minimum absolute atomic E-state index is 0.0975. The Morgan fingerprint density at radius 3 is 1.23 bits per heavy atom. The van der Waals surface area contributed by atoms with Gasteiger partial charge >= 0.3 is 23.9 Å². The molecule has 0 N–H and O–H groups in total. The third-order valence-electron chi connectivity index (χ3n) is 7.30. The summed E-state index contributed by atoms with van der Waals surface area (Å²) in [5.74, 6) is -0.969. The molecule has 2 rings (SSSR count). The zero-order valence-electron chi connectivity index (χ0n) is 29.7. The molecule has 0 saturated heterocycles. The van der Waals surface area contributed by atoms with E-state index in [0.717, 1.165) is 11.1 Å². The number of hydrogen-bond acceptors (Lipinski definition) is 12. The number of esters is 4. The second kappa shape index (κ2) is 20.7. The van der Waals surface area contributed by atoms with Crippen LogP contribution in [0.3, 0.4) is 0 Å². The van der Waals surface area contributed by atoms with Crippen LogP contribution >= 0.6 is 0 Å². The lowest BCUT2D eigenvalue weighted by atomic mass is 10.1. The van der Waals surface area contributed by atoms with Gasteiger partial charge < -0.3 is 38.2 Å². The van der Waals surface area contributed by atoms with E-state index < -0.39 is 36.0 Å². The molecule has 0 aliphatic heterocycles. The number of aryl methyl sites for hydroxylation is 2. The van der Waals surface area contributed by atoms with E-state index in [0.29, 0.717) is 35.7 Å². The fourth-order valence-electron chi connectivity index (χ4n) is 5.18. The highest BCUT2D eigenvalue weighted by atomic mass is 16.6. The van der Waals surface area contributed by atoms with Crippen LogP contribution in [-0.4, -0.2) is 88.7 Å². The molecule has 0 bridgehead atoms. The molecule has 2 atom stereocenters. The molecule has 2 aromatic rings. The SMILES string of the molecule is CCOC(=O)CN(c1ccc(C)cc1OCCOc1cc(C)ccc1N(CC(=O)OCC)C(CC)C(=O)OCC)C(CC)C(=O)OCC. The average Bonchev–Trinajstić information content (AvgIpc) is 3.04. The van der Waals surface area contributed by atoms with Crippen molar-refractivity contribution in [2.24, 2.45) is 0 Å². The Labute approximate surface area is 284 Å². The van der Waals surface area contributed by atoms with Crippen molar-refractivity contribution in [1.82, 2.24) is 0 Å². The third-order valence-corrected chi connectivity index (χ3v) is 7.30. The fourth-order valence-corrected chi connectivity index (χ4v) is 5.18.